The lowest BCUT2D eigenvalue weighted by Crippen LogP contribution is -2.44. The van der Waals surface area contributed by atoms with Crippen molar-refractivity contribution in [1.82, 2.24) is 34.9 Å². The number of aliphatic imine (C=N–C) groups is 1. The summed E-state index contributed by atoms with van der Waals surface area (Å²) in [6.45, 7) is 2.18. The molecule has 14 heteroatoms. The molecule has 2 aliphatic heterocycles. The number of halogens is 3. The molecule has 5 unspecified atom stereocenters. The first-order valence-corrected chi connectivity index (χ1v) is 16.8. The number of anilines is 1. The van der Waals surface area contributed by atoms with Crippen molar-refractivity contribution in [3.63, 3.8) is 0 Å². The van der Waals surface area contributed by atoms with Crippen molar-refractivity contribution in [3.05, 3.63) is 46.5 Å². The number of hydrogen-bond donors (Lipinski definition) is 2. The van der Waals surface area contributed by atoms with Gasteiger partial charge in [-0.2, -0.15) is 4.98 Å². The number of likely N-dealkylation sites (tertiary alicyclic amines) is 1. The van der Waals surface area contributed by atoms with Crippen molar-refractivity contribution in [2.24, 2.45) is 4.99 Å². The third-order valence-corrected chi connectivity index (χ3v) is 10.9. The molecule has 0 radical (unpaired) electrons. The quantitative estimate of drug-likeness (QED) is 0.223. The van der Waals surface area contributed by atoms with Crippen LogP contribution in [0.5, 0.6) is 5.88 Å². The van der Waals surface area contributed by atoms with Crippen molar-refractivity contribution in [2.75, 3.05) is 39.5 Å². The van der Waals surface area contributed by atoms with E-state index in [-0.39, 0.29) is 30.7 Å². The lowest BCUT2D eigenvalue weighted by Gasteiger charge is -2.33. The summed E-state index contributed by atoms with van der Waals surface area (Å²) in [5.74, 6) is -1.62. The minimum absolute atomic E-state index is 0.174. The van der Waals surface area contributed by atoms with E-state index in [0.717, 1.165) is 48.1 Å². The minimum atomic E-state index is -2.87. The van der Waals surface area contributed by atoms with Gasteiger partial charge in [-0.05, 0) is 69.7 Å². The van der Waals surface area contributed by atoms with E-state index in [4.69, 9.17) is 25.0 Å². The normalized spacial score (nSPS) is 27.6. The van der Waals surface area contributed by atoms with E-state index in [9.17, 15) is 13.2 Å². The number of aryl methyl sites for hydroxylation is 1. The van der Waals surface area contributed by atoms with E-state index in [1.807, 2.05) is 31.2 Å². The highest BCUT2D eigenvalue weighted by Crippen LogP contribution is 2.54. The Balaban J connectivity index is 1.25. The van der Waals surface area contributed by atoms with Crippen LogP contribution in [0.4, 0.5) is 18.9 Å². The second kappa shape index (κ2) is 11.5. The van der Waals surface area contributed by atoms with Gasteiger partial charge >= 0.3 is 0 Å². The monoisotopic (exact) mass is 663 g/mol. The van der Waals surface area contributed by atoms with Gasteiger partial charge in [-0.25, -0.2) is 23.1 Å². The van der Waals surface area contributed by atoms with Crippen molar-refractivity contribution in [2.45, 2.75) is 87.6 Å². The Hall–Kier alpha value is -4.04. The second-order valence-electron chi connectivity index (χ2n) is 13.9. The van der Waals surface area contributed by atoms with Crippen LogP contribution in [0.15, 0.2) is 28.0 Å². The largest absolute Gasteiger partial charge is 0.471 e. The average molecular weight is 664 g/mol. The summed E-state index contributed by atoms with van der Waals surface area (Å²) in [4.78, 5) is 20.6. The predicted molar refractivity (Wildman–Crippen MR) is 175 cm³/mol. The maximum Gasteiger partial charge on any atom is 0.262 e. The van der Waals surface area contributed by atoms with Gasteiger partial charge in [-0.15, -0.1) is 0 Å². The first-order valence-electron chi connectivity index (χ1n) is 16.8. The Morgan fingerprint density at radius 1 is 1.23 bits per heavy atom. The van der Waals surface area contributed by atoms with Crippen LogP contribution < -0.4 is 15.8 Å². The summed E-state index contributed by atoms with van der Waals surface area (Å²) in [5, 5.41) is 7.44. The number of rotatable bonds is 6. The molecule has 4 aromatic rings. The highest BCUT2D eigenvalue weighted by Gasteiger charge is 2.49. The highest BCUT2D eigenvalue weighted by molar-refractivity contribution is 5.91. The third-order valence-electron chi connectivity index (χ3n) is 10.9. The summed E-state index contributed by atoms with van der Waals surface area (Å²) in [7, 11) is 3.61. The van der Waals surface area contributed by atoms with E-state index in [1.54, 1.807) is 11.6 Å². The van der Waals surface area contributed by atoms with Crippen molar-refractivity contribution in [3.8, 4) is 17.4 Å². The van der Waals surface area contributed by atoms with Crippen LogP contribution in [-0.2, 0) is 18.3 Å². The Labute approximate surface area is 276 Å². The van der Waals surface area contributed by atoms with Crippen LogP contribution >= 0.6 is 0 Å². The molecule has 2 fully saturated rings. The molecule has 5 heterocycles. The number of hydrogen-bond acceptors (Lipinski definition) is 10. The maximum absolute atomic E-state index is 14.6. The molecule has 3 aromatic heterocycles. The van der Waals surface area contributed by atoms with Crippen LogP contribution in [0.3, 0.4) is 0 Å². The summed E-state index contributed by atoms with van der Waals surface area (Å²) in [5.41, 5.74) is 12.1. The van der Waals surface area contributed by atoms with E-state index in [0.29, 0.717) is 48.5 Å². The Morgan fingerprint density at radius 3 is 2.85 bits per heavy atom. The Morgan fingerprint density at radius 2 is 2.08 bits per heavy atom. The van der Waals surface area contributed by atoms with Gasteiger partial charge in [0.05, 0.1) is 24.3 Å². The van der Waals surface area contributed by atoms with Gasteiger partial charge in [-0.1, -0.05) is 11.2 Å². The number of fused-ring (bicyclic) bond motifs is 5. The van der Waals surface area contributed by atoms with Crippen LogP contribution in [0.1, 0.15) is 73.1 Å². The molecule has 11 nitrogen and oxygen atoms in total. The highest BCUT2D eigenvalue weighted by atomic mass is 19.3. The molecule has 4 aliphatic rings. The fourth-order valence-electron chi connectivity index (χ4n) is 8.67. The molecule has 1 spiro atoms. The number of nitrogens with zero attached hydrogens (tertiary/aromatic N) is 7. The number of benzene rings is 1. The first-order chi connectivity index (χ1) is 23.1. The Kier molecular flexibility index (Phi) is 7.51. The van der Waals surface area contributed by atoms with Crippen LogP contribution in [0.25, 0.3) is 22.7 Å². The fourth-order valence-corrected chi connectivity index (χ4v) is 8.67. The molecule has 2 saturated heterocycles. The number of nitrogen functional groups attached to an aromatic ring is 1. The summed E-state index contributed by atoms with van der Waals surface area (Å²) < 4.78 is 57.8. The molecule has 1 aromatic carbocycles. The zero-order chi connectivity index (χ0) is 33.4. The minimum Gasteiger partial charge on any atom is -0.471 e. The van der Waals surface area contributed by atoms with Crippen molar-refractivity contribution in [1.29, 1.82) is 0 Å². The zero-order valence-corrected chi connectivity index (χ0v) is 27.3. The lowest BCUT2D eigenvalue weighted by atomic mass is 9.68. The van der Waals surface area contributed by atoms with E-state index >= 15 is 0 Å². The standard InChI is InChI=1S/C34H40F3N9O2/c1-18(25-11-20(35)15-45(25)3)47-32-28-31(46(17-41-28)21-12-34(36,37)16-40-13-21)42-30(43-32)27-22-5-4-9-33(29(22)48-44-27)10-8-19-6-7-24(38)23(14-39-2)26(19)33/h6-7,14,17-18,20-21,25,40H,4-5,8-13,15-16,38H2,1-3H3. The number of aromatic nitrogens is 5. The molecule has 2 aliphatic carbocycles. The maximum atomic E-state index is 14.6. The fraction of sp³-hybridized carbons (Fsp3) is 0.559. The molecular formula is C34H40F3N9O2. The van der Waals surface area contributed by atoms with Gasteiger partial charge in [0.1, 0.15) is 12.3 Å². The first kappa shape index (κ1) is 31.2. The lowest BCUT2D eigenvalue weighted by molar-refractivity contribution is -0.0360. The summed E-state index contributed by atoms with van der Waals surface area (Å²) in [6, 6.07) is 3.27. The van der Waals surface area contributed by atoms with Gasteiger partial charge < -0.3 is 24.9 Å². The zero-order valence-electron chi connectivity index (χ0n) is 27.3. The van der Waals surface area contributed by atoms with Crippen LogP contribution in [0.2, 0.25) is 0 Å². The van der Waals surface area contributed by atoms with Crippen molar-refractivity contribution >= 4 is 23.1 Å². The smallest absolute Gasteiger partial charge is 0.262 e. The molecule has 48 heavy (non-hydrogen) atoms. The Bertz CT molecular complexity index is 1910. The van der Waals surface area contributed by atoms with Crippen LogP contribution in [0, 0.1) is 0 Å². The number of nitrogens with two attached hydrogens (primary N) is 1. The third kappa shape index (κ3) is 4.97. The SMILES string of the molecule is CN=Cc1c(N)ccc2c1C1(CCCc3c(-c4nc(OC(C)C5CC(F)CN5C)c5ncn(C6CNCC(F)(F)C6)c5n4)noc31)CC2. The van der Waals surface area contributed by atoms with E-state index in [2.05, 4.69) is 26.5 Å². The summed E-state index contributed by atoms with van der Waals surface area (Å²) >= 11 is 0. The van der Waals surface area contributed by atoms with Gasteiger partial charge in [0.25, 0.3) is 5.92 Å². The number of nitrogens with one attached hydrogen (secondary N) is 1. The molecule has 0 saturated carbocycles. The van der Waals surface area contributed by atoms with Gasteiger partial charge in [0.15, 0.2) is 28.4 Å². The predicted octanol–water partition coefficient (Wildman–Crippen LogP) is 4.66. The molecule has 0 bridgehead atoms. The van der Waals surface area contributed by atoms with E-state index in [1.165, 1.54) is 11.9 Å². The number of imidazole rings is 1. The number of piperidine rings is 1. The van der Waals surface area contributed by atoms with E-state index < -0.39 is 29.7 Å². The number of likely N-dealkylation sites (N-methyl/N-ethyl adjacent to an activating group) is 1. The molecule has 254 valence electrons. The van der Waals surface area contributed by atoms with Gasteiger partial charge in [-0.3, -0.25) is 9.89 Å². The van der Waals surface area contributed by atoms with Gasteiger partial charge in [0, 0.05) is 55.6 Å². The van der Waals surface area contributed by atoms with Crippen LogP contribution in [-0.4, -0.2) is 93.8 Å². The number of ether oxygens (including phenoxy) is 1. The molecule has 8 rings (SSSR count). The number of alkyl halides is 3. The van der Waals surface area contributed by atoms with Gasteiger partial charge in [0.2, 0.25) is 5.88 Å². The molecule has 0 amide bonds. The molecule has 3 N–H and O–H groups in total. The molecule has 5 atom stereocenters. The molecular weight excluding hydrogens is 623 g/mol. The average Bonchev–Trinajstić information content (AvgIpc) is 3.83. The van der Waals surface area contributed by atoms with Crippen molar-refractivity contribution < 1.29 is 22.4 Å². The topological polar surface area (TPSA) is 133 Å². The second-order valence-corrected chi connectivity index (χ2v) is 13.9. The summed E-state index contributed by atoms with van der Waals surface area (Å²) in [6.07, 6.45) is 6.17.